The molecule has 1 heterocycles. The highest BCUT2D eigenvalue weighted by molar-refractivity contribution is 7.91. The van der Waals surface area contributed by atoms with Crippen molar-refractivity contribution in [1.29, 1.82) is 0 Å². The lowest BCUT2D eigenvalue weighted by Gasteiger charge is -2.32. The lowest BCUT2D eigenvalue weighted by Crippen LogP contribution is -2.43. The van der Waals surface area contributed by atoms with Crippen molar-refractivity contribution >= 4 is 25.9 Å². The van der Waals surface area contributed by atoms with Gasteiger partial charge in [-0.25, -0.2) is 22.2 Å². The first kappa shape index (κ1) is 20.7. The molecule has 2 atom stereocenters. The SMILES string of the molecule is CCS(=O)(=O)N[C@@H]1CCCC[C@H]1Cc1ccc(N2C=C(O)NS2(=O)=O)c(O)c1. The summed E-state index contributed by atoms with van der Waals surface area (Å²) in [5, 5.41) is 19.7. The molecule has 0 saturated heterocycles. The molecule has 0 spiro atoms. The summed E-state index contributed by atoms with van der Waals surface area (Å²) in [5.41, 5.74) is 0.804. The van der Waals surface area contributed by atoms with Gasteiger partial charge in [-0.15, -0.1) is 0 Å². The van der Waals surface area contributed by atoms with Crippen LogP contribution in [0.3, 0.4) is 0 Å². The van der Waals surface area contributed by atoms with Crippen LogP contribution in [0.1, 0.15) is 38.2 Å². The molecule has 2 aliphatic rings. The van der Waals surface area contributed by atoms with E-state index in [1.165, 1.54) is 12.1 Å². The second-order valence-corrected chi connectivity index (χ2v) is 10.7. The Bertz CT molecular complexity index is 975. The molecule has 0 amide bonds. The molecule has 1 fully saturated rings. The predicted octanol–water partition coefficient (Wildman–Crippen LogP) is 1.44. The van der Waals surface area contributed by atoms with E-state index in [0.29, 0.717) is 6.42 Å². The number of aliphatic hydroxyl groups excluding tert-OH is 1. The minimum Gasteiger partial charge on any atom is -0.506 e. The molecule has 4 N–H and O–H groups in total. The lowest BCUT2D eigenvalue weighted by molar-refractivity contribution is 0.287. The number of sulfonamides is 1. The van der Waals surface area contributed by atoms with Gasteiger partial charge in [0.2, 0.25) is 15.9 Å². The second kappa shape index (κ2) is 7.80. The molecule has 1 aromatic carbocycles. The quantitative estimate of drug-likeness (QED) is 0.538. The Morgan fingerprint density at radius 3 is 2.57 bits per heavy atom. The van der Waals surface area contributed by atoms with Gasteiger partial charge in [-0.3, -0.25) is 0 Å². The highest BCUT2D eigenvalue weighted by Crippen LogP contribution is 2.34. The fraction of sp³-hybridized carbons (Fsp3) is 0.529. The zero-order chi connectivity index (χ0) is 20.5. The minimum atomic E-state index is -3.98. The number of rotatable bonds is 6. The largest absolute Gasteiger partial charge is 0.506 e. The number of nitrogens with one attached hydrogen (secondary N) is 2. The maximum Gasteiger partial charge on any atom is 0.330 e. The molecule has 11 heteroatoms. The summed E-state index contributed by atoms with van der Waals surface area (Å²) < 4.78 is 53.3. The van der Waals surface area contributed by atoms with Crippen LogP contribution < -0.4 is 13.7 Å². The van der Waals surface area contributed by atoms with Gasteiger partial charge in [-0.2, -0.15) is 8.42 Å². The molecule has 0 unspecified atom stereocenters. The summed E-state index contributed by atoms with van der Waals surface area (Å²) in [6, 6.07) is 4.50. The van der Waals surface area contributed by atoms with Gasteiger partial charge in [0.1, 0.15) is 11.4 Å². The van der Waals surface area contributed by atoms with Crippen molar-refractivity contribution in [3.8, 4) is 5.75 Å². The summed E-state index contributed by atoms with van der Waals surface area (Å²) in [6.45, 7) is 1.60. The summed E-state index contributed by atoms with van der Waals surface area (Å²) in [5.74, 6) is -0.641. The molecule has 3 rings (SSSR count). The second-order valence-electron chi connectivity index (χ2n) is 7.12. The van der Waals surface area contributed by atoms with Gasteiger partial charge in [0.25, 0.3) is 0 Å². The van der Waals surface area contributed by atoms with Crippen molar-refractivity contribution in [3.63, 3.8) is 0 Å². The van der Waals surface area contributed by atoms with Crippen molar-refractivity contribution in [1.82, 2.24) is 9.44 Å². The molecule has 28 heavy (non-hydrogen) atoms. The van der Waals surface area contributed by atoms with Crippen LogP contribution in [0.2, 0.25) is 0 Å². The van der Waals surface area contributed by atoms with E-state index in [1.807, 2.05) is 4.72 Å². The number of benzene rings is 1. The van der Waals surface area contributed by atoms with E-state index >= 15 is 0 Å². The normalized spacial score (nSPS) is 24.6. The summed E-state index contributed by atoms with van der Waals surface area (Å²) >= 11 is 0. The number of aromatic hydroxyl groups is 1. The Labute approximate surface area is 165 Å². The van der Waals surface area contributed by atoms with Gasteiger partial charge in [-0.1, -0.05) is 18.9 Å². The summed E-state index contributed by atoms with van der Waals surface area (Å²) in [7, 11) is -7.28. The molecule has 1 saturated carbocycles. The van der Waals surface area contributed by atoms with Crippen molar-refractivity contribution in [3.05, 3.63) is 35.8 Å². The molecule has 0 aromatic heterocycles. The van der Waals surface area contributed by atoms with E-state index < -0.39 is 26.1 Å². The van der Waals surface area contributed by atoms with E-state index in [1.54, 1.807) is 13.0 Å². The van der Waals surface area contributed by atoms with E-state index in [9.17, 15) is 27.0 Å². The Morgan fingerprint density at radius 2 is 1.96 bits per heavy atom. The Balaban J connectivity index is 1.78. The fourth-order valence-electron chi connectivity index (χ4n) is 3.69. The average Bonchev–Trinajstić information content (AvgIpc) is 2.89. The van der Waals surface area contributed by atoms with E-state index in [4.69, 9.17) is 0 Å². The molecule has 9 nitrogen and oxygen atoms in total. The Kier molecular flexibility index (Phi) is 5.78. The van der Waals surface area contributed by atoms with Crippen LogP contribution in [0, 0.1) is 5.92 Å². The zero-order valence-electron chi connectivity index (χ0n) is 15.5. The van der Waals surface area contributed by atoms with Crippen LogP contribution in [0.15, 0.2) is 30.3 Å². The topological polar surface area (TPSA) is 136 Å². The Hall–Kier alpha value is -1.98. The van der Waals surface area contributed by atoms with Gasteiger partial charge < -0.3 is 10.2 Å². The molecule has 0 radical (unpaired) electrons. The molecule has 1 aliphatic heterocycles. The number of hydrogen-bond acceptors (Lipinski definition) is 6. The number of phenolic OH excluding ortho intramolecular Hbond substituents is 1. The highest BCUT2D eigenvalue weighted by atomic mass is 32.2. The average molecular weight is 432 g/mol. The zero-order valence-corrected chi connectivity index (χ0v) is 17.1. The van der Waals surface area contributed by atoms with E-state index in [0.717, 1.165) is 41.8 Å². The van der Waals surface area contributed by atoms with Crippen LogP contribution in [0.5, 0.6) is 5.75 Å². The van der Waals surface area contributed by atoms with Crippen molar-refractivity contribution in [2.75, 3.05) is 10.1 Å². The van der Waals surface area contributed by atoms with Gasteiger partial charge in [-0.05, 0) is 49.8 Å². The molecule has 1 aliphatic carbocycles. The molecular formula is C17H25N3O6S2. The number of phenols is 1. The van der Waals surface area contributed by atoms with Crippen LogP contribution in [-0.2, 0) is 26.7 Å². The Morgan fingerprint density at radius 1 is 1.25 bits per heavy atom. The number of hydrogen-bond donors (Lipinski definition) is 4. The number of nitrogens with zero attached hydrogens (tertiary/aromatic N) is 1. The first-order valence-electron chi connectivity index (χ1n) is 9.16. The van der Waals surface area contributed by atoms with Gasteiger partial charge in [0, 0.05) is 6.04 Å². The third kappa shape index (κ3) is 4.53. The van der Waals surface area contributed by atoms with Gasteiger partial charge >= 0.3 is 10.2 Å². The standard InChI is InChI=1S/C17H25N3O6S2/c1-2-27(23,24)18-14-6-4-3-5-13(14)9-12-7-8-15(16(21)10-12)20-11-17(22)19-28(20,25)26/h7-8,10-11,13-14,18-19,21-22H,2-6,9H2,1H3/t13-,14+/m0/s1. The summed E-state index contributed by atoms with van der Waals surface area (Å²) in [6.07, 6.45) is 5.17. The minimum absolute atomic E-state index is 0.0205. The molecule has 1 aromatic rings. The first-order valence-corrected chi connectivity index (χ1v) is 12.3. The molecule has 0 bridgehead atoms. The predicted molar refractivity (Wildman–Crippen MR) is 105 cm³/mol. The fourth-order valence-corrected chi connectivity index (χ4v) is 5.70. The molecule has 156 valence electrons. The van der Waals surface area contributed by atoms with E-state index in [-0.39, 0.29) is 29.1 Å². The van der Waals surface area contributed by atoms with Crippen LogP contribution in [0.4, 0.5) is 5.69 Å². The maximum atomic E-state index is 12.0. The van der Waals surface area contributed by atoms with Crippen molar-refractivity contribution < 1.29 is 27.0 Å². The van der Waals surface area contributed by atoms with Crippen molar-refractivity contribution in [2.24, 2.45) is 5.92 Å². The number of anilines is 1. The van der Waals surface area contributed by atoms with Crippen LogP contribution >= 0.6 is 0 Å². The van der Waals surface area contributed by atoms with Crippen molar-refractivity contribution in [2.45, 2.75) is 45.1 Å². The monoisotopic (exact) mass is 431 g/mol. The highest BCUT2D eigenvalue weighted by Gasteiger charge is 2.31. The third-order valence-electron chi connectivity index (χ3n) is 5.13. The lowest BCUT2D eigenvalue weighted by atomic mass is 9.81. The van der Waals surface area contributed by atoms with Gasteiger partial charge in [0.15, 0.2) is 0 Å². The summed E-state index contributed by atoms with van der Waals surface area (Å²) in [4.78, 5) is 0. The van der Waals surface area contributed by atoms with Gasteiger partial charge in [0.05, 0.1) is 12.0 Å². The third-order valence-corrected chi connectivity index (χ3v) is 7.84. The van der Waals surface area contributed by atoms with Crippen LogP contribution in [-0.4, -0.2) is 38.8 Å². The number of aliphatic hydroxyl groups is 1. The van der Waals surface area contributed by atoms with E-state index in [2.05, 4.69) is 4.72 Å². The first-order chi connectivity index (χ1) is 13.1. The smallest absolute Gasteiger partial charge is 0.330 e. The molecular weight excluding hydrogens is 406 g/mol. The van der Waals surface area contributed by atoms with Crippen LogP contribution in [0.25, 0.3) is 0 Å². The maximum absolute atomic E-state index is 12.0.